The molecule has 0 unspecified atom stereocenters. The highest BCUT2D eigenvalue weighted by molar-refractivity contribution is 5.76. The van der Waals surface area contributed by atoms with E-state index in [1.807, 2.05) is 13.0 Å². The van der Waals surface area contributed by atoms with E-state index in [1.165, 1.54) is 0 Å². The number of hydrogen-bond acceptors (Lipinski definition) is 4. The van der Waals surface area contributed by atoms with Crippen LogP contribution in [0.5, 0.6) is 0 Å². The second-order valence-corrected chi connectivity index (χ2v) is 5.92. The van der Waals surface area contributed by atoms with E-state index in [2.05, 4.69) is 47.2 Å². The number of anilines is 1. The van der Waals surface area contributed by atoms with Crippen molar-refractivity contribution in [2.24, 2.45) is 5.92 Å². The first kappa shape index (κ1) is 13.3. The van der Waals surface area contributed by atoms with Crippen LogP contribution in [0, 0.1) is 12.8 Å². The third-order valence-corrected chi connectivity index (χ3v) is 4.01. The first-order chi connectivity index (χ1) is 9.63. The Kier molecular flexibility index (Phi) is 3.57. The van der Waals surface area contributed by atoms with Crippen molar-refractivity contribution in [2.45, 2.75) is 26.8 Å². The van der Waals surface area contributed by atoms with Crippen molar-refractivity contribution in [2.75, 3.05) is 24.5 Å². The minimum absolute atomic E-state index is 0.534. The van der Waals surface area contributed by atoms with Crippen LogP contribution in [0.15, 0.2) is 24.3 Å². The number of rotatable bonds is 2. The number of piperazine rings is 1. The van der Waals surface area contributed by atoms with Gasteiger partial charge < -0.3 is 10.2 Å². The van der Waals surface area contributed by atoms with Gasteiger partial charge in [-0.25, -0.2) is 9.97 Å². The fourth-order valence-electron chi connectivity index (χ4n) is 2.69. The van der Waals surface area contributed by atoms with Crippen molar-refractivity contribution < 1.29 is 0 Å². The van der Waals surface area contributed by atoms with Gasteiger partial charge in [-0.2, -0.15) is 0 Å². The molecule has 0 aromatic carbocycles. The molecule has 0 radical (unpaired) electrons. The predicted octanol–water partition coefficient (Wildman–Crippen LogP) is 2.37. The maximum Gasteiger partial charge on any atom is 0.161 e. The summed E-state index contributed by atoms with van der Waals surface area (Å²) in [6, 6.07) is 8.89. The average molecular weight is 270 g/mol. The summed E-state index contributed by atoms with van der Waals surface area (Å²) in [6.07, 6.45) is 0. The van der Waals surface area contributed by atoms with Gasteiger partial charge in [0, 0.05) is 36.8 Å². The van der Waals surface area contributed by atoms with Gasteiger partial charge in [-0.1, -0.05) is 13.8 Å². The standard InChI is InChI=1S/C16H22N4/c1-11(2)14-10-20(9-8-17-14)15-7-6-13-5-4-12(3)18-16(13)19-15/h4-7,11,14,17H,8-10H2,1-3H3/t14-/m0/s1. The third kappa shape index (κ3) is 2.61. The number of nitrogens with one attached hydrogen (secondary N) is 1. The Labute approximate surface area is 120 Å². The summed E-state index contributed by atoms with van der Waals surface area (Å²) in [6.45, 7) is 9.58. The molecule has 0 spiro atoms. The lowest BCUT2D eigenvalue weighted by Crippen LogP contribution is -2.53. The topological polar surface area (TPSA) is 41.0 Å². The van der Waals surface area contributed by atoms with Gasteiger partial charge in [-0.3, -0.25) is 0 Å². The minimum atomic E-state index is 0.534. The molecule has 4 nitrogen and oxygen atoms in total. The Morgan fingerprint density at radius 2 is 2.00 bits per heavy atom. The van der Waals surface area contributed by atoms with E-state index >= 15 is 0 Å². The first-order valence-corrected chi connectivity index (χ1v) is 7.36. The Morgan fingerprint density at radius 1 is 1.20 bits per heavy atom. The van der Waals surface area contributed by atoms with Crippen LogP contribution in [0.4, 0.5) is 5.82 Å². The largest absolute Gasteiger partial charge is 0.354 e. The highest BCUT2D eigenvalue weighted by Gasteiger charge is 2.22. The predicted molar refractivity (Wildman–Crippen MR) is 83.1 cm³/mol. The average Bonchev–Trinajstić information content (AvgIpc) is 2.46. The number of pyridine rings is 2. The molecule has 1 atom stereocenters. The van der Waals surface area contributed by atoms with E-state index in [-0.39, 0.29) is 0 Å². The zero-order valence-corrected chi connectivity index (χ0v) is 12.4. The molecule has 0 amide bonds. The Hall–Kier alpha value is -1.68. The molecule has 0 aliphatic carbocycles. The summed E-state index contributed by atoms with van der Waals surface area (Å²) in [5.74, 6) is 1.68. The summed E-state index contributed by atoms with van der Waals surface area (Å²) in [4.78, 5) is 11.6. The summed E-state index contributed by atoms with van der Waals surface area (Å²) >= 11 is 0. The maximum atomic E-state index is 4.74. The fraction of sp³-hybridized carbons (Fsp3) is 0.500. The molecule has 0 bridgehead atoms. The van der Waals surface area contributed by atoms with Crippen LogP contribution >= 0.6 is 0 Å². The van der Waals surface area contributed by atoms with Crippen molar-refractivity contribution in [3.05, 3.63) is 30.0 Å². The third-order valence-electron chi connectivity index (χ3n) is 4.01. The zero-order chi connectivity index (χ0) is 14.1. The van der Waals surface area contributed by atoms with E-state index < -0.39 is 0 Å². The van der Waals surface area contributed by atoms with Crippen molar-refractivity contribution in [3.8, 4) is 0 Å². The molecule has 1 N–H and O–H groups in total. The SMILES string of the molecule is Cc1ccc2ccc(N3CCN[C@H](C(C)C)C3)nc2n1. The molecular weight excluding hydrogens is 248 g/mol. The second-order valence-electron chi connectivity index (χ2n) is 5.92. The molecule has 20 heavy (non-hydrogen) atoms. The van der Waals surface area contributed by atoms with Crippen LogP contribution in [0.3, 0.4) is 0 Å². The van der Waals surface area contributed by atoms with Crippen LogP contribution < -0.4 is 10.2 Å². The van der Waals surface area contributed by atoms with Crippen molar-refractivity contribution in [1.29, 1.82) is 0 Å². The Bertz CT molecular complexity index is 608. The number of nitrogens with zero attached hydrogens (tertiary/aromatic N) is 3. The summed E-state index contributed by atoms with van der Waals surface area (Å²) < 4.78 is 0. The highest BCUT2D eigenvalue weighted by atomic mass is 15.2. The Morgan fingerprint density at radius 3 is 2.80 bits per heavy atom. The number of aryl methyl sites for hydroxylation is 1. The van der Waals surface area contributed by atoms with E-state index in [0.717, 1.165) is 42.2 Å². The molecule has 2 aromatic rings. The second kappa shape index (κ2) is 5.37. The summed E-state index contributed by atoms with van der Waals surface area (Å²) in [5.41, 5.74) is 1.87. The summed E-state index contributed by atoms with van der Waals surface area (Å²) in [7, 11) is 0. The molecule has 1 saturated heterocycles. The number of hydrogen-bond donors (Lipinski definition) is 1. The Balaban J connectivity index is 1.89. The molecule has 0 saturated carbocycles. The van der Waals surface area contributed by atoms with E-state index in [0.29, 0.717) is 12.0 Å². The van der Waals surface area contributed by atoms with Crippen molar-refractivity contribution in [3.63, 3.8) is 0 Å². The van der Waals surface area contributed by atoms with Gasteiger partial charge in [0.1, 0.15) is 5.82 Å². The smallest absolute Gasteiger partial charge is 0.161 e. The van der Waals surface area contributed by atoms with Gasteiger partial charge in [-0.05, 0) is 37.1 Å². The van der Waals surface area contributed by atoms with Crippen molar-refractivity contribution >= 4 is 16.9 Å². The van der Waals surface area contributed by atoms with Crippen LogP contribution in [-0.4, -0.2) is 35.6 Å². The lowest BCUT2D eigenvalue weighted by Gasteiger charge is -2.36. The lowest BCUT2D eigenvalue weighted by molar-refractivity contribution is 0.367. The molecule has 3 heterocycles. The lowest BCUT2D eigenvalue weighted by atomic mass is 10.0. The zero-order valence-electron chi connectivity index (χ0n) is 12.4. The van der Waals surface area contributed by atoms with Gasteiger partial charge in [0.15, 0.2) is 5.65 Å². The van der Waals surface area contributed by atoms with Gasteiger partial charge >= 0.3 is 0 Å². The van der Waals surface area contributed by atoms with E-state index in [1.54, 1.807) is 0 Å². The quantitative estimate of drug-likeness (QED) is 0.909. The van der Waals surface area contributed by atoms with Crippen LogP contribution in [0.1, 0.15) is 19.5 Å². The van der Waals surface area contributed by atoms with Gasteiger partial charge in [-0.15, -0.1) is 0 Å². The van der Waals surface area contributed by atoms with Crippen molar-refractivity contribution in [1.82, 2.24) is 15.3 Å². The molecular formula is C16H22N4. The number of fused-ring (bicyclic) bond motifs is 1. The maximum absolute atomic E-state index is 4.74. The molecule has 106 valence electrons. The van der Waals surface area contributed by atoms with Gasteiger partial charge in [0.05, 0.1) is 0 Å². The molecule has 4 heteroatoms. The minimum Gasteiger partial charge on any atom is -0.354 e. The van der Waals surface area contributed by atoms with Gasteiger partial charge in [0.2, 0.25) is 0 Å². The fourth-order valence-corrected chi connectivity index (χ4v) is 2.69. The van der Waals surface area contributed by atoms with E-state index in [9.17, 15) is 0 Å². The van der Waals surface area contributed by atoms with Crippen LogP contribution in [0.2, 0.25) is 0 Å². The molecule has 2 aromatic heterocycles. The van der Waals surface area contributed by atoms with Crippen LogP contribution in [-0.2, 0) is 0 Å². The summed E-state index contributed by atoms with van der Waals surface area (Å²) in [5, 5.41) is 4.69. The molecule has 1 fully saturated rings. The monoisotopic (exact) mass is 270 g/mol. The first-order valence-electron chi connectivity index (χ1n) is 7.36. The molecule has 1 aliphatic heterocycles. The molecule has 1 aliphatic rings. The highest BCUT2D eigenvalue weighted by Crippen LogP contribution is 2.19. The van der Waals surface area contributed by atoms with Crippen LogP contribution in [0.25, 0.3) is 11.0 Å². The normalized spacial score (nSPS) is 19.8. The van der Waals surface area contributed by atoms with E-state index in [4.69, 9.17) is 4.98 Å². The molecule has 3 rings (SSSR count). The number of aromatic nitrogens is 2. The van der Waals surface area contributed by atoms with Gasteiger partial charge in [0.25, 0.3) is 0 Å².